The number of rotatable bonds is 1. The number of nitrogens with zero attached hydrogens (tertiary/aromatic N) is 2. The van der Waals surface area contributed by atoms with E-state index in [-0.39, 0.29) is 11.1 Å². The summed E-state index contributed by atoms with van der Waals surface area (Å²) in [5.74, 6) is 0.848. The van der Waals surface area contributed by atoms with Gasteiger partial charge in [-0.1, -0.05) is 15.9 Å². The molecule has 3 heterocycles. The lowest BCUT2D eigenvalue weighted by Gasteiger charge is -2.01. The first-order valence-corrected chi connectivity index (χ1v) is 8.25. The van der Waals surface area contributed by atoms with Crippen molar-refractivity contribution in [1.82, 2.24) is 20.2 Å². The molecule has 0 aliphatic rings. The Bertz CT molecular complexity index is 1350. The lowest BCUT2D eigenvalue weighted by atomic mass is 10.1. The first kappa shape index (κ1) is 14.2. The fraction of sp³-hybridized carbons (Fsp3) is 0. The number of hydrogen-bond donors (Lipinski definition) is 3. The number of halogens is 1. The highest BCUT2D eigenvalue weighted by Crippen LogP contribution is 2.30. The molecule has 0 radical (unpaired) electrons. The number of nitrogens with two attached hydrogens (primary N) is 1. The van der Waals surface area contributed by atoms with Gasteiger partial charge in [0.1, 0.15) is 16.9 Å². The van der Waals surface area contributed by atoms with E-state index in [1.165, 1.54) is 0 Å². The Hall–Kier alpha value is -3.13. The van der Waals surface area contributed by atoms with Crippen molar-refractivity contribution in [3.05, 3.63) is 51.2 Å². The van der Waals surface area contributed by atoms with Gasteiger partial charge in [-0.05, 0) is 36.4 Å². The summed E-state index contributed by atoms with van der Waals surface area (Å²) < 4.78 is 6.53. The van der Waals surface area contributed by atoms with Gasteiger partial charge in [0.25, 0.3) is 5.56 Å². The van der Waals surface area contributed by atoms with Gasteiger partial charge < -0.3 is 15.1 Å². The van der Waals surface area contributed by atoms with Crippen molar-refractivity contribution in [1.29, 1.82) is 0 Å². The Balaban J connectivity index is 1.83. The summed E-state index contributed by atoms with van der Waals surface area (Å²) in [5, 5.41) is 8.38. The van der Waals surface area contributed by atoms with Gasteiger partial charge in [-0.25, -0.2) is 4.98 Å². The van der Waals surface area contributed by atoms with Crippen molar-refractivity contribution in [3.63, 3.8) is 0 Å². The van der Waals surface area contributed by atoms with E-state index in [2.05, 4.69) is 36.1 Å². The van der Waals surface area contributed by atoms with Crippen molar-refractivity contribution in [2.75, 3.05) is 5.73 Å². The molecule has 7 nitrogen and oxygen atoms in total. The fourth-order valence-electron chi connectivity index (χ4n) is 2.94. The minimum atomic E-state index is -0.326. The Labute approximate surface area is 148 Å². The van der Waals surface area contributed by atoms with Gasteiger partial charge in [-0.15, -0.1) is 0 Å². The first-order valence-electron chi connectivity index (χ1n) is 7.46. The maximum Gasteiger partial charge on any atom is 0.294 e. The van der Waals surface area contributed by atoms with Crippen molar-refractivity contribution in [2.24, 2.45) is 0 Å². The van der Waals surface area contributed by atoms with Crippen LogP contribution in [0.5, 0.6) is 0 Å². The van der Waals surface area contributed by atoms with Crippen molar-refractivity contribution in [2.45, 2.75) is 0 Å². The molecule has 0 saturated heterocycles. The predicted molar refractivity (Wildman–Crippen MR) is 99.3 cm³/mol. The highest BCUT2D eigenvalue weighted by molar-refractivity contribution is 9.10. The summed E-state index contributed by atoms with van der Waals surface area (Å²) in [4.78, 5) is 19.9. The molecule has 0 unspecified atom stereocenters. The molecular formula is C17H10BrN5O2. The van der Waals surface area contributed by atoms with E-state index < -0.39 is 0 Å². The van der Waals surface area contributed by atoms with Gasteiger partial charge in [0, 0.05) is 20.8 Å². The first-order chi connectivity index (χ1) is 12.1. The Morgan fingerprint density at radius 2 is 2.00 bits per heavy atom. The highest BCUT2D eigenvalue weighted by Gasteiger charge is 2.15. The quantitative estimate of drug-likeness (QED) is 0.401. The number of anilines is 1. The predicted octanol–water partition coefficient (Wildman–Crippen LogP) is 3.56. The van der Waals surface area contributed by atoms with Gasteiger partial charge >= 0.3 is 0 Å². The van der Waals surface area contributed by atoms with Gasteiger partial charge in [0.05, 0.1) is 5.52 Å². The molecular weight excluding hydrogens is 386 g/mol. The van der Waals surface area contributed by atoms with E-state index >= 15 is 0 Å². The van der Waals surface area contributed by atoms with E-state index in [1.54, 1.807) is 6.07 Å². The molecule has 0 aliphatic heterocycles. The smallest absolute Gasteiger partial charge is 0.294 e. The third-order valence-electron chi connectivity index (χ3n) is 4.15. The third kappa shape index (κ3) is 2.07. The van der Waals surface area contributed by atoms with Crippen LogP contribution in [0.1, 0.15) is 0 Å². The van der Waals surface area contributed by atoms with Crippen LogP contribution in [0.2, 0.25) is 0 Å². The van der Waals surface area contributed by atoms with Crippen LogP contribution in [0.15, 0.2) is 50.1 Å². The summed E-state index contributed by atoms with van der Waals surface area (Å²) in [6.45, 7) is 0. The SMILES string of the molecule is Nc1n[nH]c2ccc(-c3nc4c(oc5ccc(Br)cc54)c(=O)[nH]3)cc12. The summed E-state index contributed by atoms with van der Waals surface area (Å²) in [6, 6.07) is 11.1. The average Bonchev–Trinajstić information content (AvgIpc) is 3.16. The van der Waals surface area contributed by atoms with Gasteiger partial charge in [0.2, 0.25) is 5.58 Å². The second-order valence-electron chi connectivity index (χ2n) is 5.70. The molecule has 122 valence electrons. The largest absolute Gasteiger partial charge is 0.449 e. The van der Waals surface area contributed by atoms with Crippen LogP contribution in [-0.4, -0.2) is 20.2 Å². The lowest BCUT2D eigenvalue weighted by Crippen LogP contribution is -2.08. The van der Waals surface area contributed by atoms with Crippen LogP contribution < -0.4 is 11.3 Å². The maximum atomic E-state index is 12.5. The van der Waals surface area contributed by atoms with Gasteiger partial charge in [-0.3, -0.25) is 9.89 Å². The zero-order chi connectivity index (χ0) is 17.1. The second-order valence-corrected chi connectivity index (χ2v) is 6.62. The molecule has 0 bridgehead atoms. The van der Waals surface area contributed by atoms with Crippen LogP contribution in [0.3, 0.4) is 0 Å². The second kappa shape index (κ2) is 4.93. The maximum absolute atomic E-state index is 12.5. The van der Waals surface area contributed by atoms with E-state index in [1.807, 2.05) is 30.3 Å². The summed E-state index contributed by atoms with van der Waals surface area (Å²) in [7, 11) is 0. The van der Waals surface area contributed by atoms with Gasteiger partial charge in [-0.2, -0.15) is 5.10 Å². The molecule has 0 saturated carbocycles. The monoisotopic (exact) mass is 395 g/mol. The van der Waals surface area contributed by atoms with Crippen LogP contribution in [-0.2, 0) is 0 Å². The topological polar surface area (TPSA) is 114 Å². The van der Waals surface area contributed by atoms with Crippen LogP contribution in [0, 0.1) is 0 Å². The highest BCUT2D eigenvalue weighted by atomic mass is 79.9. The number of nitrogen functional groups attached to an aromatic ring is 1. The molecule has 0 atom stereocenters. The molecule has 25 heavy (non-hydrogen) atoms. The Morgan fingerprint density at radius 3 is 2.88 bits per heavy atom. The van der Waals surface area contributed by atoms with E-state index in [0.29, 0.717) is 22.7 Å². The number of fused-ring (bicyclic) bond motifs is 4. The molecule has 2 aromatic carbocycles. The molecule has 8 heteroatoms. The summed E-state index contributed by atoms with van der Waals surface area (Å²) in [6.07, 6.45) is 0. The summed E-state index contributed by atoms with van der Waals surface area (Å²) >= 11 is 3.44. The van der Waals surface area contributed by atoms with Crippen LogP contribution >= 0.6 is 15.9 Å². The van der Waals surface area contributed by atoms with Crippen molar-refractivity contribution in [3.8, 4) is 11.4 Å². The molecule has 5 rings (SSSR count). The number of aromatic nitrogens is 4. The number of furan rings is 1. The van der Waals surface area contributed by atoms with E-state index in [4.69, 9.17) is 10.2 Å². The Morgan fingerprint density at radius 1 is 1.12 bits per heavy atom. The molecule has 0 spiro atoms. The Kier molecular flexibility index (Phi) is 2.81. The zero-order valence-corrected chi connectivity index (χ0v) is 14.2. The number of aromatic amines is 2. The minimum absolute atomic E-state index is 0.209. The molecule has 0 aliphatic carbocycles. The molecule has 4 N–H and O–H groups in total. The summed E-state index contributed by atoms with van der Waals surface area (Å²) in [5.41, 5.74) is 8.44. The minimum Gasteiger partial charge on any atom is -0.449 e. The fourth-order valence-corrected chi connectivity index (χ4v) is 3.31. The van der Waals surface area contributed by atoms with Gasteiger partial charge in [0.15, 0.2) is 5.82 Å². The third-order valence-corrected chi connectivity index (χ3v) is 4.64. The zero-order valence-electron chi connectivity index (χ0n) is 12.6. The number of hydrogen-bond acceptors (Lipinski definition) is 5. The normalized spacial score (nSPS) is 11.7. The average molecular weight is 396 g/mol. The number of nitrogens with one attached hydrogen (secondary N) is 2. The standard InChI is InChI=1S/C17H10BrN5O2/c18-8-2-4-12-10(6-8)13-14(25-12)17(24)21-16(20-13)7-1-3-11-9(5-7)15(19)23-22-11/h1-6H,(H3,19,22,23)(H,20,21,24). The van der Waals surface area contributed by atoms with Crippen LogP contribution in [0.25, 0.3) is 44.4 Å². The molecule has 0 fully saturated rings. The molecule has 3 aromatic heterocycles. The lowest BCUT2D eigenvalue weighted by molar-refractivity contribution is 0.661. The van der Waals surface area contributed by atoms with E-state index in [9.17, 15) is 4.79 Å². The molecule has 5 aromatic rings. The molecule has 0 amide bonds. The van der Waals surface area contributed by atoms with Crippen molar-refractivity contribution >= 4 is 54.7 Å². The number of benzene rings is 2. The van der Waals surface area contributed by atoms with E-state index in [0.717, 1.165) is 26.3 Å². The van der Waals surface area contributed by atoms with Crippen LogP contribution in [0.4, 0.5) is 5.82 Å². The van der Waals surface area contributed by atoms with Crippen molar-refractivity contribution < 1.29 is 4.42 Å². The number of H-pyrrole nitrogens is 2.